The zero-order valence-corrected chi connectivity index (χ0v) is 11.0. The first-order valence-corrected chi connectivity index (χ1v) is 6.36. The molecule has 3 nitrogen and oxygen atoms in total. The van der Waals surface area contributed by atoms with Gasteiger partial charge in [0.2, 0.25) is 0 Å². The molecule has 1 heterocycles. The lowest BCUT2D eigenvalue weighted by molar-refractivity contribution is -0.131. The van der Waals surface area contributed by atoms with Crippen LogP contribution in [0.5, 0.6) is 5.75 Å². The van der Waals surface area contributed by atoms with Crippen molar-refractivity contribution >= 4 is 16.9 Å². The van der Waals surface area contributed by atoms with Gasteiger partial charge in [-0.25, -0.2) is 0 Å². The third kappa shape index (κ3) is 2.52. The molecule has 1 aromatic heterocycles. The van der Waals surface area contributed by atoms with E-state index in [-0.39, 0.29) is 5.97 Å². The molecule has 0 aliphatic carbocycles. The summed E-state index contributed by atoms with van der Waals surface area (Å²) in [6.45, 7) is 1.38. The topological polar surface area (TPSA) is 39.2 Å². The monoisotopic (exact) mass is 263 g/mol. The van der Waals surface area contributed by atoms with Crippen LogP contribution >= 0.6 is 0 Å². The normalized spacial score (nSPS) is 10.4. The number of carbonyl (C=O) groups is 1. The highest BCUT2D eigenvalue weighted by atomic mass is 16.5. The average Bonchev–Trinajstić information content (AvgIpc) is 2.47. The largest absolute Gasteiger partial charge is 0.425 e. The lowest BCUT2D eigenvalue weighted by Crippen LogP contribution is -2.01. The van der Waals surface area contributed by atoms with Crippen molar-refractivity contribution in [3.05, 3.63) is 60.8 Å². The Bertz CT molecular complexity index is 766. The maximum absolute atomic E-state index is 11.0. The van der Waals surface area contributed by atoms with Crippen molar-refractivity contribution in [2.75, 3.05) is 0 Å². The molecule has 0 unspecified atom stereocenters. The van der Waals surface area contributed by atoms with E-state index in [4.69, 9.17) is 4.74 Å². The fraction of sp³-hybridized carbons (Fsp3) is 0.0588. The number of fused-ring (bicyclic) bond motifs is 1. The molecule has 2 aromatic carbocycles. The smallest absolute Gasteiger partial charge is 0.308 e. The van der Waals surface area contributed by atoms with Crippen LogP contribution in [0.25, 0.3) is 22.0 Å². The summed E-state index contributed by atoms with van der Waals surface area (Å²) < 4.78 is 5.07. The van der Waals surface area contributed by atoms with Crippen molar-refractivity contribution < 1.29 is 9.53 Å². The molecular weight excluding hydrogens is 250 g/mol. The van der Waals surface area contributed by atoms with Crippen LogP contribution in [0.3, 0.4) is 0 Å². The molecule has 0 atom stereocenters. The molecule has 3 rings (SSSR count). The summed E-state index contributed by atoms with van der Waals surface area (Å²) in [6, 6.07) is 18.0. The maximum Gasteiger partial charge on any atom is 0.308 e. The van der Waals surface area contributed by atoms with E-state index in [1.807, 2.05) is 42.5 Å². The molecule has 0 amide bonds. The Morgan fingerprint density at radius 1 is 1.00 bits per heavy atom. The van der Waals surface area contributed by atoms with Gasteiger partial charge in [-0.3, -0.25) is 9.78 Å². The zero-order valence-electron chi connectivity index (χ0n) is 11.0. The van der Waals surface area contributed by atoms with E-state index in [1.165, 1.54) is 6.92 Å². The summed E-state index contributed by atoms with van der Waals surface area (Å²) >= 11 is 0. The van der Waals surface area contributed by atoms with E-state index >= 15 is 0 Å². The Kier molecular flexibility index (Phi) is 3.17. The molecule has 20 heavy (non-hydrogen) atoms. The van der Waals surface area contributed by atoms with Crippen molar-refractivity contribution in [2.24, 2.45) is 0 Å². The first-order valence-electron chi connectivity index (χ1n) is 6.36. The first kappa shape index (κ1) is 12.4. The van der Waals surface area contributed by atoms with Crippen LogP contribution < -0.4 is 4.74 Å². The van der Waals surface area contributed by atoms with Gasteiger partial charge in [0.1, 0.15) is 5.75 Å². The van der Waals surface area contributed by atoms with Gasteiger partial charge >= 0.3 is 5.97 Å². The molecule has 3 aromatic rings. The number of esters is 1. The fourth-order valence-corrected chi connectivity index (χ4v) is 2.14. The summed E-state index contributed by atoms with van der Waals surface area (Å²) in [6.07, 6.45) is 1.56. The molecule has 0 fully saturated rings. The van der Waals surface area contributed by atoms with E-state index in [2.05, 4.69) is 17.1 Å². The molecule has 0 spiro atoms. The SMILES string of the molecule is CC(=O)Oc1cnc2ccc(-c3ccccc3)cc2c1. The molecule has 0 saturated heterocycles. The highest BCUT2D eigenvalue weighted by Crippen LogP contribution is 2.25. The first-order chi connectivity index (χ1) is 9.72. The van der Waals surface area contributed by atoms with E-state index in [0.717, 1.165) is 22.0 Å². The van der Waals surface area contributed by atoms with E-state index < -0.39 is 0 Å². The van der Waals surface area contributed by atoms with Crippen molar-refractivity contribution in [2.45, 2.75) is 6.92 Å². The van der Waals surface area contributed by atoms with Crippen LogP contribution in [-0.4, -0.2) is 11.0 Å². The summed E-state index contributed by atoms with van der Waals surface area (Å²) in [5.41, 5.74) is 3.13. The van der Waals surface area contributed by atoms with Crippen LogP contribution in [0, 0.1) is 0 Å². The summed E-state index contributed by atoms with van der Waals surface area (Å²) in [5.74, 6) is 0.126. The molecule has 0 N–H and O–H groups in total. The fourth-order valence-electron chi connectivity index (χ4n) is 2.14. The van der Waals surface area contributed by atoms with E-state index in [0.29, 0.717) is 5.75 Å². The Balaban J connectivity index is 2.07. The number of hydrogen-bond acceptors (Lipinski definition) is 3. The molecule has 0 radical (unpaired) electrons. The number of nitrogens with zero attached hydrogens (tertiary/aromatic N) is 1. The summed E-state index contributed by atoms with van der Waals surface area (Å²) in [4.78, 5) is 15.3. The highest BCUT2D eigenvalue weighted by molar-refractivity contribution is 5.85. The molecule has 0 aliphatic rings. The van der Waals surface area contributed by atoms with Crippen LogP contribution in [-0.2, 0) is 4.79 Å². The number of ether oxygens (including phenoxy) is 1. The molecule has 3 heteroatoms. The molecular formula is C17H13NO2. The van der Waals surface area contributed by atoms with Gasteiger partial charge in [-0.15, -0.1) is 0 Å². The maximum atomic E-state index is 11.0. The second kappa shape index (κ2) is 5.13. The second-order valence-corrected chi connectivity index (χ2v) is 4.54. The minimum atomic E-state index is -0.342. The van der Waals surface area contributed by atoms with Crippen molar-refractivity contribution in [3.63, 3.8) is 0 Å². The Morgan fingerprint density at radius 2 is 1.80 bits per heavy atom. The highest BCUT2D eigenvalue weighted by Gasteiger charge is 2.03. The number of pyridine rings is 1. The number of rotatable bonds is 2. The zero-order chi connectivity index (χ0) is 13.9. The van der Waals surface area contributed by atoms with Gasteiger partial charge in [0, 0.05) is 12.3 Å². The molecule has 0 saturated carbocycles. The minimum Gasteiger partial charge on any atom is -0.425 e. The lowest BCUT2D eigenvalue weighted by Gasteiger charge is -2.05. The van der Waals surface area contributed by atoms with Crippen molar-refractivity contribution in [3.8, 4) is 16.9 Å². The number of carbonyl (C=O) groups excluding carboxylic acids is 1. The quantitative estimate of drug-likeness (QED) is 0.660. The molecule has 0 bridgehead atoms. The molecule has 98 valence electrons. The number of hydrogen-bond donors (Lipinski definition) is 0. The predicted octanol–water partition coefficient (Wildman–Crippen LogP) is 3.83. The summed E-state index contributed by atoms with van der Waals surface area (Å²) in [5, 5.41) is 0.949. The van der Waals surface area contributed by atoms with Crippen LogP contribution in [0.4, 0.5) is 0 Å². The standard InChI is InChI=1S/C17H13NO2/c1-12(19)20-16-10-15-9-14(7-8-17(15)18-11-16)13-5-3-2-4-6-13/h2-11H,1H3. The van der Waals surface area contributed by atoms with E-state index in [1.54, 1.807) is 6.20 Å². The minimum absolute atomic E-state index is 0.342. The van der Waals surface area contributed by atoms with Gasteiger partial charge in [-0.1, -0.05) is 36.4 Å². The van der Waals surface area contributed by atoms with Gasteiger partial charge in [0.25, 0.3) is 0 Å². The van der Waals surface area contributed by atoms with Crippen molar-refractivity contribution in [1.29, 1.82) is 0 Å². The third-order valence-corrected chi connectivity index (χ3v) is 3.02. The van der Waals surface area contributed by atoms with Gasteiger partial charge in [-0.2, -0.15) is 0 Å². The van der Waals surface area contributed by atoms with Crippen LogP contribution in [0.2, 0.25) is 0 Å². The third-order valence-electron chi connectivity index (χ3n) is 3.02. The second-order valence-electron chi connectivity index (χ2n) is 4.54. The Labute approximate surface area is 116 Å². The van der Waals surface area contributed by atoms with Crippen LogP contribution in [0.15, 0.2) is 60.8 Å². The van der Waals surface area contributed by atoms with E-state index in [9.17, 15) is 4.79 Å². The van der Waals surface area contributed by atoms with Crippen LogP contribution in [0.1, 0.15) is 6.92 Å². The Hall–Kier alpha value is -2.68. The number of benzene rings is 2. The van der Waals surface area contributed by atoms with Crippen molar-refractivity contribution in [1.82, 2.24) is 4.98 Å². The number of aromatic nitrogens is 1. The average molecular weight is 263 g/mol. The summed E-state index contributed by atoms with van der Waals surface area (Å²) in [7, 11) is 0. The molecule has 0 aliphatic heterocycles. The lowest BCUT2D eigenvalue weighted by atomic mass is 10.0. The van der Waals surface area contributed by atoms with Gasteiger partial charge < -0.3 is 4.74 Å². The van der Waals surface area contributed by atoms with Gasteiger partial charge in [0.15, 0.2) is 0 Å². The van der Waals surface area contributed by atoms with Gasteiger partial charge in [0.05, 0.1) is 11.7 Å². The Morgan fingerprint density at radius 3 is 2.55 bits per heavy atom. The van der Waals surface area contributed by atoms with Gasteiger partial charge in [-0.05, 0) is 29.3 Å². The predicted molar refractivity (Wildman–Crippen MR) is 78.5 cm³/mol.